The zero-order valence-electron chi connectivity index (χ0n) is 12.0. The quantitative estimate of drug-likeness (QED) is 0.442. The van der Waals surface area contributed by atoms with E-state index < -0.39 is 0 Å². The van der Waals surface area contributed by atoms with Gasteiger partial charge in [-0.1, -0.05) is 57.6 Å². The Bertz CT molecular complexity index is 395. The van der Waals surface area contributed by atoms with Crippen molar-refractivity contribution in [1.82, 2.24) is 5.32 Å². The van der Waals surface area contributed by atoms with E-state index in [-0.39, 0.29) is 5.78 Å². The fraction of sp³-hybridized carbons (Fsp3) is 0.471. The third kappa shape index (κ3) is 5.73. The van der Waals surface area contributed by atoms with Crippen LogP contribution >= 0.6 is 0 Å². The van der Waals surface area contributed by atoms with Crippen LogP contribution in [0.3, 0.4) is 0 Å². The Hall–Kier alpha value is -1.57. The number of hydrogen-bond acceptors (Lipinski definition) is 2. The van der Waals surface area contributed by atoms with Crippen LogP contribution in [0.15, 0.2) is 48.7 Å². The van der Waals surface area contributed by atoms with Crippen molar-refractivity contribution < 1.29 is 4.79 Å². The SMILES string of the molecule is C=C(/C=C\C(=C)C(C)=O)C(=C)NC1CCCCCC1. The van der Waals surface area contributed by atoms with Gasteiger partial charge >= 0.3 is 0 Å². The van der Waals surface area contributed by atoms with Gasteiger partial charge in [-0.2, -0.15) is 0 Å². The summed E-state index contributed by atoms with van der Waals surface area (Å²) in [6.07, 6.45) is 11.2. The van der Waals surface area contributed by atoms with Crippen LogP contribution in [0.4, 0.5) is 0 Å². The van der Waals surface area contributed by atoms with E-state index in [4.69, 9.17) is 0 Å². The van der Waals surface area contributed by atoms with Gasteiger partial charge in [0.2, 0.25) is 0 Å². The Kier molecular flexibility index (Phi) is 6.34. The molecule has 0 aromatic rings. The monoisotopic (exact) mass is 259 g/mol. The molecule has 2 heteroatoms. The Balaban J connectivity index is 2.46. The molecule has 104 valence electrons. The van der Waals surface area contributed by atoms with Crippen molar-refractivity contribution in [3.63, 3.8) is 0 Å². The van der Waals surface area contributed by atoms with Crippen molar-refractivity contribution in [1.29, 1.82) is 0 Å². The molecule has 0 radical (unpaired) electrons. The highest BCUT2D eigenvalue weighted by atomic mass is 16.1. The van der Waals surface area contributed by atoms with Crippen LogP contribution in [0.25, 0.3) is 0 Å². The molecule has 0 heterocycles. The number of ketones is 1. The molecule has 1 aliphatic rings. The highest BCUT2D eigenvalue weighted by Crippen LogP contribution is 2.19. The lowest BCUT2D eigenvalue weighted by atomic mass is 10.1. The fourth-order valence-corrected chi connectivity index (χ4v) is 2.18. The van der Waals surface area contributed by atoms with Gasteiger partial charge in [0, 0.05) is 17.3 Å². The highest BCUT2D eigenvalue weighted by molar-refractivity contribution is 5.95. The number of carbonyl (C=O) groups is 1. The third-order valence-electron chi connectivity index (χ3n) is 3.56. The van der Waals surface area contributed by atoms with Gasteiger partial charge in [-0.15, -0.1) is 0 Å². The van der Waals surface area contributed by atoms with Crippen molar-refractivity contribution in [2.45, 2.75) is 51.5 Å². The van der Waals surface area contributed by atoms with Gasteiger partial charge < -0.3 is 5.32 Å². The van der Waals surface area contributed by atoms with Crippen LogP contribution < -0.4 is 5.32 Å². The number of rotatable bonds is 6. The first-order valence-electron chi connectivity index (χ1n) is 7.03. The summed E-state index contributed by atoms with van der Waals surface area (Å²) in [5, 5.41) is 3.45. The van der Waals surface area contributed by atoms with Gasteiger partial charge in [0.15, 0.2) is 5.78 Å². The topological polar surface area (TPSA) is 29.1 Å². The molecule has 1 rings (SSSR count). The van der Waals surface area contributed by atoms with E-state index in [9.17, 15) is 4.79 Å². The number of carbonyl (C=O) groups excluding carboxylic acids is 1. The lowest BCUT2D eigenvalue weighted by Gasteiger charge is -2.19. The molecule has 0 unspecified atom stereocenters. The second-order valence-corrected chi connectivity index (χ2v) is 5.25. The second-order valence-electron chi connectivity index (χ2n) is 5.25. The van der Waals surface area contributed by atoms with Gasteiger partial charge in [0.1, 0.15) is 0 Å². The molecular weight excluding hydrogens is 234 g/mol. The lowest BCUT2D eigenvalue weighted by molar-refractivity contribution is -0.113. The van der Waals surface area contributed by atoms with Gasteiger partial charge in [0.05, 0.1) is 0 Å². The first kappa shape index (κ1) is 15.5. The molecule has 1 aliphatic carbocycles. The Morgan fingerprint density at radius 2 is 1.53 bits per heavy atom. The summed E-state index contributed by atoms with van der Waals surface area (Å²) in [7, 11) is 0. The van der Waals surface area contributed by atoms with E-state index in [2.05, 4.69) is 25.1 Å². The van der Waals surface area contributed by atoms with Crippen LogP contribution in [0, 0.1) is 0 Å². The highest BCUT2D eigenvalue weighted by Gasteiger charge is 2.12. The Morgan fingerprint density at radius 3 is 2.05 bits per heavy atom. The van der Waals surface area contributed by atoms with Crippen LogP contribution in [0.2, 0.25) is 0 Å². The molecule has 1 N–H and O–H groups in total. The average Bonchev–Trinajstić information content (AvgIpc) is 2.63. The van der Waals surface area contributed by atoms with Crippen molar-refractivity contribution in [3.8, 4) is 0 Å². The normalized spacial score (nSPS) is 16.9. The second kappa shape index (κ2) is 7.78. The zero-order chi connectivity index (χ0) is 14.3. The third-order valence-corrected chi connectivity index (χ3v) is 3.56. The summed E-state index contributed by atoms with van der Waals surface area (Å²) >= 11 is 0. The maximum atomic E-state index is 11.1. The minimum absolute atomic E-state index is 0.0219. The number of Topliss-reactive ketones (excluding diaryl/α,β-unsaturated/α-hetero) is 1. The summed E-state index contributed by atoms with van der Waals surface area (Å²) in [6, 6.07) is 0.510. The molecule has 0 aromatic heterocycles. The summed E-state index contributed by atoms with van der Waals surface area (Å²) in [5.74, 6) is -0.0219. The van der Waals surface area contributed by atoms with E-state index in [1.165, 1.54) is 45.4 Å². The van der Waals surface area contributed by atoms with Gasteiger partial charge in [-0.3, -0.25) is 4.79 Å². The molecule has 2 nitrogen and oxygen atoms in total. The van der Waals surface area contributed by atoms with E-state index in [1.807, 2.05) is 0 Å². The van der Waals surface area contributed by atoms with Crippen molar-refractivity contribution in [3.05, 3.63) is 48.7 Å². The molecule has 0 bridgehead atoms. The van der Waals surface area contributed by atoms with E-state index in [0.29, 0.717) is 11.6 Å². The molecule has 1 saturated carbocycles. The molecule has 1 fully saturated rings. The summed E-state index contributed by atoms with van der Waals surface area (Å²) in [4.78, 5) is 11.1. The van der Waals surface area contributed by atoms with Crippen LogP contribution in [0.1, 0.15) is 45.4 Å². The molecule has 0 amide bonds. The average molecular weight is 259 g/mol. The Labute approximate surface area is 117 Å². The van der Waals surface area contributed by atoms with Gasteiger partial charge in [0.25, 0.3) is 0 Å². The minimum atomic E-state index is -0.0219. The van der Waals surface area contributed by atoms with E-state index >= 15 is 0 Å². The molecule has 19 heavy (non-hydrogen) atoms. The van der Waals surface area contributed by atoms with Crippen molar-refractivity contribution >= 4 is 5.78 Å². The molecule has 0 spiro atoms. The Morgan fingerprint density at radius 1 is 1.00 bits per heavy atom. The van der Waals surface area contributed by atoms with Gasteiger partial charge in [-0.25, -0.2) is 0 Å². The number of nitrogens with one attached hydrogen (secondary N) is 1. The predicted octanol–water partition coefficient (Wildman–Crippen LogP) is 4.07. The maximum absolute atomic E-state index is 11.1. The minimum Gasteiger partial charge on any atom is -0.382 e. The van der Waals surface area contributed by atoms with Crippen LogP contribution in [-0.2, 0) is 4.79 Å². The summed E-state index contributed by atoms with van der Waals surface area (Å²) < 4.78 is 0. The molecular formula is C17H25NO. The van der Waals surface area contributed by atoms with E-state index in [0.717, 1.165) is 11.3 Å². The lowest BCUT2D eigenvalue weighted by Crippen LogP contribution is -2.27. The van der Waals surface area contributed by atoms with Gasteiger partial charge in [-0.05, 0) is 25.3 Å². The smallest absolute Gasteiger partial charge is 0.159 e. The molecule has 0 atom stereocenters. The molecule has 0 aromatic carbocycles. The predicted molar refractivity (Wildman–Crippen MR) is 81.9 cm³/mol. The summed E-state index contributed by atoms with van der Waals surface area (Å²) in [5.41, 5.74) is 2.15. The van der Waals surface area contributed by atoms with E-state index in [1.54, 1.807) is 12.2 Å². The summed E-state index contributed by atoms with van der Waals surface area (Å²) in [6.45, 7) is 13.2. The van der Waals surface area contributed by atoms with Crippen LogP contribution in [-0.4, -0.2) is 11.8 Å². The molecule has 0 aliphatic heterocycles. The zero-order valence-corrected chi connectivity index (χ0v) is 12.0. The molecule has 0 saturated heterocycles. The standard InChI is InChI=1S/C17H25NO/c1-13(11-12-14(2)16(4)19)15(3)18-17-9-7-5-6-8-10-17/h11-12,17-18H,1-3,5-10H2,4H3/b12-11-. The number of hydrogen-bond donors (Lipinski definition) is 1. The van der Waals surface area contributed by atoms with Crippen molar-refractivity contribution in [2.24, 2.45) is 0 Å². The van der Waals surface area contributed by atoms with Crippen LogP contribution in [0.5, 0.6) is 0 Å². The van der Waals surface area contributed by atoms with Crippen molar-refractivity contribution in [2.75, 3.05) is 0 Å². The number of allylic oxidation sites excluding steroid dienone is 3. The first-order chi connectivity index (χ1) is 9.00. The largest absolute Gasteiger partial charge is 0.382 e. The fourth-order valence-electron chi connectivity index (χ4n) is 2.18. The maximum Gasteiger partial charge on any atom is 0.159 e. The first-order valence-corrected chi connectivity index (χ1v) is 7.03.